The highest BCUT2D eigenvalue weighted by Crippen LogP contribution is 2.38. The van der Waals surface area contributed by atoms with Crippen molar-refractivity contribution in [2.75, 3.05) is 16.8 Å². The quantitative estimate of drug-likeness (QED) is 0.831. The van der Waals surface area contributed by atoms with E-state index in [1.54, 1.807) is 37.1 Å². The van der Waals surface area contributed by atoms with Crippen LogP contribution in [0.1, 0.15) is 25.8 Å². The van der Waals surface area contributed by atoms with Crippen molar-refractivity contribution in [3.8, 4) is 5.75 Å². The number of aromatic nitrogens is 1. The average molecular weight is 374 g/mol. The first-order valence-electron chi connectivity index (χ1n) is 8.30. The van der Waals surface area contributed by atoms with Crippen LogP contribution in [-0.4, -0.2) is 28.9 Å². The Morgan fingerprint density at radius 3 is 2.85 bits per heavy atom. The van der Waals surface area contributed by atoms with Gasteiger partial charge in [-0.25, -0.2) is 4.98 Å². The van der Waals surface area contributed by atoms with E-state index in [9.17, 15) is 9.59 Å². The van der Waals surface area contributed by atoms with Gasteiger partial charge in [0.2, 0.25) is 5.91 Å². The summed E-state index contributed by atoms with van der Waals surface area (Å²) in [5.41, 5.74) is 1.16. The number of carbonyl (C=O) groups excluding carboxylic acids is 2. The van der Waals surface area contributed by atoms with Crippen molar-refractivity contribution in [2.45, 2.75) is 32.8 Å². The highest BCUT2D eigenvalue weighted by molar-refractivity contribution is 6.32. The summed E-state index contributed by atoms with van der Waals surface area (Å²) in [7, 11) is 0. The molecule has 1 aliphatic rings. The van der Waals surface area contributed by atoms with E-state index in [0.29, 0.717) is 17.1 Å². The van der Waals surface area contributed by atoms with Gasteiger partial charge in [0, 0.05) is 19.2 Å². The molecule has 3 rings (SSSR count). The molecule has 1 aliphatic heterocycles. The van der Waals surface area contributed by atoms with Gasteiger partial charge in [-0.15, -0.1) is 0 Å². The van der Waals surface area contributed by atoms with Crippen LogP contribution < -0.4 is 15.0 Å². The number of carbonyl (C=O) groups is 2. The summed E-state index contributed by atoms with van der Waals surface area (Å²) >= 11 is 5.96. The number of nitrogens with zero attached hydrogens (tertiary/aromatic N) is 2. The van der Waals surface area contributed by atoms with E-state index in [1.807, 2.05) is 25.1 Å². The number of hydrogen-bond acceptors (Lipinski definition) is 4. The molecule has 26 heavy (non-hydrogen) atoms. The van der Waals surface area contributed by atoms with Gasteiger partial charge in [-0.1, -0.05) is 17.7 Å². The molecule has 0 radical (unpaired) electrons. The zero-order valence-corrected chi connectivity index (χ0v) is 15.6. The van der Waals surface area contributed by atoms with Crippen LogP contribution >= 0.6 is 11.6 Å². The van der Waals surface area contributed by atoms with Gasteiger partial charge in [0.05, 0.1) is 11.4 Å². The predicted molar refractivity (Wildman–Crippen MR) is 101 cm³/mol. The van der Waals surface area contributed by atoms with Crippen molar-refractivity contribution in [3.05, 3.63) is 47.2 Å². The van der Waals surface area contributed by atoms with Gasteiger partial charge in [-0.2, -0.15) is 0 Å². The molecular weight excluding hydrogens is 354 g/mol. The van der Waals surface area contributed by atoms with Crippen LogP contribution in [0.4, 0.5) is 11.4 Å². The molecule has 0 unspecified atom stereocenters. The molecule has 136 valence electrons. The van der Waals surface area contributed by atoms with Gasteiger partial charge in [0.15, 0.2) is 10.8 Å². The second kappa shape index (κ2) is 6.96. The molecule has 0 saturated carbocycles. The SMILES string of the molecule is Cc1ccc2c(c1)N(CCC(=O)Nc1cccnc1Cl)C(=O)C(C)(C)O2. The Bertz CT molecular complexity index is 867. The van der Waals surface area contributed by atoms with E-state index in [2.05, 4.69) is 10.3 Å². The first kappa shape index (κ1) is 18.2. The van der Waals surface area contributed by atoms with Crippen molar-refractivity contribution in [3.63, 3.8) is 0 Å². The minimum atomic E-state index is -0.981. The average Bonchev–Trinajstić information content (AvgIpc) is 2.58. The van der Waals surface area contributed by atoms with E-state index in [4.69, 9.17) is 16.3 Å². The smallest absolute Gasteiger partial charge is 0.270 e. The minimum absolute atomic E-state index is 0.125. The lowest BCUT2D eigenvalue weighted by Gasteiger charge is -2.38. The minimum Gasteiger partial charge on any atom is -0.476 e. The fourth-order valence-corrected chi connectivity index (χ4v) is 2.97. The lowest BCUT2D eigenvalue weighted by atomic mass is 10.0. The molecule has 0 spiro atoms. The molecule has 1 aromatic carbocycles. The number of ether oxygens (including phenoxy) is 1. The van der Waals surface area contributed by atoms with Crippen LogP contribution in [0.2, 0.25) is 5.15 Å². The van der Waals surface area contributed by atoms with Crippen LogP contribution in [0.5, 0.6) is 5.75 Å². The number of hydrogen-bond donors (Lipinski definition) is 1. The fourth-order valence-electron chi connectivity index (χ4n) is 2.80. The van der Waals surface area contributed by atoms with Crippen LogP contribution in [-0.2, 0) is 9.59 Å². The zero-order valence-electron chi connectivity index (χ0n) is 14.9. The van der Waals surface area contributed by atoms with Crippen molar-refractivity contribution in [1.29, 1.82) is 0 Å². The Labute approximate surface area is 157 Å². The van der Waals surface area contributed by atoms with Crippen LogP contribution in [0, 0.1) is 6.92 Å². The highest BCUT2D eigenvalue weighted by atomic mass is 35.5. The number of aryl methyl sites for hydroxylation is 1. The third-order valence-electron chi connectivity index (χ3n) is 4.13. The highest BCUT2D eigenvalue weighted by Gasteiger charge is 2.40. The molecule has 1 N–H and O–H groups in total. The topological polar surface area (TPSA) is 71.5 Å². The van der Waals surface area contributed by atoms with Gasteiger partial charge in [0.1, 0.15) is 5.75 Å². The first-order valence-corrected chi connectivity index (χ1v) is 8.68. The lowest BCUT2D eigenvalue weighted by molar-refractivity contribution is -0.132. The Morgan fingerprint density at radius 1 is 1.35 bits per heavy atom. The second-order valence-corrected chi connectivity index (χ2v) is 7.04. The van der Waals surface area contributed by atoms with Crippen LogP contribution in [0.3, 0.4) is 0 Å². The summed E-state index contributed by atoms with van der Waals surface area (Å²) in [6, 6.07) is 9.03. The molecule has 1 aromatic heterocycles. The molecule has 0 fully saturated rings. The number of nitrogens with one attached hydrogen (secondary N) is 1. The summed E-state index contributed by atoms with van der Waals surface area (Å²) in [5.74, 6) is 0.213. The van der Waals surface area contributed by atoms with Crippen molar-refractivity contribution in [2.24, 2.45) is 0 Å². The monoisotopic (exact) mass is 373 g/mol. The van der Waals surface area contributed by atoms with Crippen LogP contribution in [0.25, 0.3) is 0 Å². The van der Waals surface area contributed by atoms with Crippen molar-refractivity contribution in [1.82, 2.24) is 4.98 Å². The molecular formula is C19H20ClN3O3. The van der Waals surface area contributed by atoms with Gasteiger partial charge in [-0.05, 0) is 50.6 Å². The number of rotatable bonds is 4. The summed E-state index contributed by atoms with van der Waals surface area (Å²) in [5, 5.41) is 2.95. The maximum absolute atomic E-state index is 12.8. The molecule has 2 amide bonds. The number of halogens is 1. The lowest BCUT2D eigenvalue weighted by Crippen LogP contribution is -2.53. The van der Waals surface area contributed by atoms with Gasteiger partial charge in [-0.3, -0.25) is 9.59 Å². The molecule has 2 heterocycles. The largest absolute Gasteiger partial charge is 0.476 e. The third-order valence-corrected chi connectivity index (χ3v) is 4.43. The van der Waals surface area contributed by atoms with Crippen molar-refractivity contribution >= 4 is 34.8 Å². The molecule has 7 heteroatoms. The van der Waals surface area contributed by atoms with Gasteiger partial charge < -0.3 is 15.0 Å². The fraction of sp³-hybridized carbons (Fsp3) is 0.316. The number of anilines is 2. The molecule has 6 nitrogen and oxygen atoms in total. The molecule has 0 saturated heterocycles. The number of fused-ring (bicyclic) bond motifs is 1. The second-order valence-electron chi connectivity index (χ2n) is 6.68. The van der Waals surface area contributed by atoms with E-state index in [1.165, 1.54) is 0 Å². The Hall–Kier alpha value is -2.60. The Kier molecular flexibility index (Phi) is 4.87. The van der Waals surface area contributed by atoms with E-state index < -0.39 is 5.60 Å². The van der Waals surface area contributed by atoms with Gasteiger partial charge in [0.25, 0.3) is 5.91 Å². The molecule has 0 bridgehead atoms. The van der Waals surface area contributed by atoms with E-state index in [-0.39, 0.29) is 29.9 Å². The number of pyridine rings is 1. The first-order chi connectivity index (χ1) is 12.3. The summed E-state index contributed by atoms with van der Waals surface area (Å²) < 4.78 is 5.82. The summed E-state index contributed by atoms with van der Waals surface area (Å²) in [6.45, 7) is 5.63. The summed E-state index contributed by atoms with van der Waals surface area (Å²) in [6.07, 6.45) is 1.67. The van der Waals surface area contributed by atoms with E-state index in [0.717, 1.165) is 5.56 Å². The maximum atomic E-state index is 12.8. The van der Waals surface area contributed by atoms with Gasteiger partial charge >= 0.3 is 0 Å². The summed E-state index contributed by atoms with van der Waals surface area (Å²) in [4.78, 5) is 30.6. The number of amides is 2. The predicted octanol–water partition coefficient (Wildman–Crippen LogP) is 3.58. The van der Waals surface area contributed by atoms with E-state index >= 15 is 0 Å². The number of benzene rings is 1. The third kappa shape index (κ3) is 3.65. The van der Waals surface area contributed by atoms with Crippen molar-refractivity contribution < 1.29 is 14.3 Å². The maximum Gasteiger partial charge on any atom is 0.270 e. The Morgan fingerprint density at radius 2 is 2.12 bits per heavy atom. The molecule has 0 atom stereocenters. The van der Waals surface area contributed by atoms with Crippen LogP contribution in [0.15, 0.2) is 36.5 Å². The normalized spacial score (nSPS) is 15.2. The zero-order chi connectivity index (χ0) is 18.9. The Balaban J connectivity index is 1.76. The standard InChI is InChI=1S/C19H20ClN3O3/c1-12-6-7-15-14(11-12)23(18(25)19(2,3)26-15)10-8-16(24)22-13-5-4-9-21-17(13)20/h4-7,9,11H,8,10H2,1-3H3,(H,22,24). The molecule has 0 aliphatic carbocycles. The molecule has 2 aromatic rings.